The van der Waals surface area contributed by atoms with Crippen molar-refractivity contribution in [3.05, 3.63) is 158 Å². The molecule has 0 bridgehead atoms. The lowest BCUT2D eigenvalue weighted by atomic mass is 9.93. The van der Waals surface area contributed by atoms with Crippen LogP contribution in [0.2, 0.25) is 0 Å². The van der Waals surface area contributed by atoms with Gasteiger partial charge in [-0.3, -0.25) is 4.98 Å². The van der Waals surface area contributed by atoms with Crippen LogP contribution in [0.5, 0.6) is 0 Å². The molecular formula is C46H26N4O. The number of hydrogen-bond acceptors (Lipinski definition) is 5. The summed E-state index contributed by atoms with van der Waals surface area (Å²) >= 11 is 0. The average molecular weight is 651 g/mol. The van der Waals surface area contributed by atoms with Crippen LogP contribution in [0.1, 0.15) is 0 Å². The Morgan fingerprint density at radius 2 is 1.02 bits per heavy atom. The van der Waals surface area contributed by atoms with E-state index in [9.17, 15) is 0 Å². The van der Waals surface area contributed by atoms with Crippen LogP contribution in [0, 0.1) is 0 Å². The number of furan rings is 1. The third kappa shape index (κ3) is 4.28. The van der Waals surface area contributed by atoms with E-state index in [1.807, 2.05) is 18.2 Å². The van der Waals surface area contributed by atoms with Crippen LogP contribution in [-0.4, -0.2) is 19.9 Å². The van der Waals surface area contributed by atoms with E-state index >= 15 is 0 Å². The second-order valence-electron chi connectivity index (χ2n) is 13.0. The molecule has 0 radical (unpaired) electrons. The van der Waals surface area contributed by atoms with Gasteiger partial charge >= 0.3 is 0 Å². The van der Waals surface area contributed by atoms with E-state index in [4.69, 9.17) is 24.4 Å². The number of rotatable bonds is 3. The lowest BCUT2D eigenvalue weighted by Gasteiger charge is -2.14. The molecule has 0 amide bonds. The SMILES string of the molecule is c1ccc2cc(-c3nc(-c4cc5ccc6ccccc6c5c5ccccc45)nc(-c4nccc5oc6c7ccccc7ccc6c45)n3)ccc2c1. The molecule has 0 fully saturated rings. The van der Waals surface area contributed by atoms with Crippen LogP contribution < -0.4 is 0 Å². The average Bonchev–Trinajstić information content (AvgIpc) is 3.59. The third-order valence-corrected chi connectivity index (χ3v) is 10.1. The minimum Gasteiger partial charge on any atom is -0.455 e. The number of nitrogens with zero attached hydrogens (tertiary/aromatic N) is 4. The molecule has 51 heavy (non-hydrogen) atoms. The minimum atomic E-state index is 0.493. The molecule has 0 aliphatic carbocycles. The van der Waals surface area contributed by atoms with Gasteiger partial charge in [0, 0.05) is 28.1 Å². The van der Waals surface area contributed by atoms with E-state index in [0.29, 0.717) is 23.2 Å². The van der Waals surface area contributed by atoms with Crippen LogP contribution in [0.15, 0.2) is 162 Å². The van der Waals surface area contributed by atoms with Crippen LogP contribution >= 0.6 is 0 Å². The van der Waals surface area contributed by atoms with Gasteiger partial charge in [0.1, 0.15) is 16.9 Å². The van der Waals surface area contributed by atoms with Crippen molar-refractivity contribution in [3.63, 3.8) is 0 Å². The smallest absolute Gasteiger partial charge is 0.183 e. The zero-order valence-electron chi connectivity index (χ0n) is 27.2. The predicted molar refractivity (Wildman–Crippen MR) is 209 cm³/mol. The largest absolute Gasteiger partial charge is 0.455 e. The maximum Gasteiger partial charge on any atom is 0.183 e. The van der Waals surface area contributed by atoms with Gasteiger partial charge in [0.15, 0.2) is 17.5 Å². The van der Waals surface area contributed by atoms with Gasteiger partial charge < -0.3 is 4.42 Å². The Labute approximate surface area is 291 Å². The van der Waals surface area contributed by atoms with Gasteiger partial charge in [-0.05, 0) is 72.7 Å². The highest BCUT2D eigenvalue weighted by Gasteiger charge is 2.21. The summed E-state index contributed by atoms with van der Waals surface area (Å²) in [5.74, 6) is 1.67. The second-order valence-corrected chi connectivity index (χ2v) is 13.0. The van der Waals surface area contributed by atoms with Crippen molar-refractivity contribution in [2.45, 2.75) is 0 Å². The maximum absolute atomic E-state index is 6.54. The Morgan fingerprint density at radius 1 is 0.392 bits per heavy atom. The first-order chi connectivity index (χ1) is 25.3. The topological polar surface area (TPSA) is 64.7 Å². The summed E-state index contributed by atoms with van der Waals surface area (Å²) in [7, 11) is 0. The van der Waals surface area contributed by atoms with Gasteiger partial charge in [0.2, 0.25) is 0 Å². The highest BCUT2D eigenvalue weighted by molar-refractivity contribution is 6.23. The summed E-state index contributed by atoms with van der Waals surface area (Å²) in [5.41, 5.74) is 4.07. The number of fused-ring (bicyclic) bond motifs is 11. The summed E-state index contributed by atoms with van der Waals surface area (Å²) in [6.45, 7) is 0. The Balaban J connectivity index is 1.22. The van der Waals surface area contributed by atoms with Gasteiger partial charge in [-0.2, -0.15) is 0 Å². The molecule has 0 atom stereocenters. The molecule has 0 aliphatic heterocycles. The number of aromatic nitrogens is 4. The zero-order valence-corrected chi connectivity index (χ0v) is 27.2. The monoisotopic (exact) mass is 650 g/mol. The number of benzene rings is 8. The summed E-state index contributed by atoms with van der Waals surface area (Å²) in [6, 6.07) is 52.9. The normalized spacial score (nSPS) is 11.9. The van der Waals surface area contributed by atoms with Gasteiger partial charge in [-0.15, -0.1) is 0 Å². The first kappa shape index (κ1) is 27.9. The molecule has 0 aliphatic rings. The lowest BCUT2D eigenvalue weighted by molar-refractivity contribution is 0.672. The summed E-state index contributed by atoms with van der Waals surface area (Å²) in [6.07, 6.45) is 1.78. The number of pyridine rings is 1. The second kappa shape index (κ2) is 10.8. The van der Waals surface area contributed by atoms with E-state index in [0.717, 1.165) is 70.8 Å². The molecule has 3 aromatic heterocycles. The van der Waals surface area contributed by atoms with E-state index in [2.05, 4.69) is 133 Å². The van der Waals surface area contributed by atoms with Crippen molar-refractivity contribution in [2.24, 2.45) is 0 Å². The summed E-state index contributed by atoms with van der Waals surface area (Å²) in [5, 5.41) is 13.3. The molecule has 236 valence electrons. The quantitative estimate of drug-likeness (QED) is 0.178. The molecule has 5 nitrogen and oxygen atoms in total. The molecule has 3 heterocycles. The standard InChI is InChI=1S/C46H26N4O/c1-2-12-30-25-32(20-17-27(30)9-1)44-48-45(38-26-31-19-18-28-10-3-5-13-33(28)40(31)36-16-8-7-15-35(36)38)50-46(49-44)42-41-37-22-21-29-11-4-6-14-34(29)43(37)51-39(41)23-24-47-42/h1-26H. The Hall–Kier alpha value is -6.98. The minimum absolute atomic E-state index is 0.493. The van der Waals surface area contributed by atoms with Crippen molar-refractivity contribution in [3.8, 4) is 34.3 Å². The Morgan fingerprint density at radius 3 is 1.88 bits per heavy atom. The first-order valence-electron chi connectivity index (χ1n) is 17.0. The first-order valence-corrected chi connectivity index (χ1v) is 17.0. The zero-order chi connectivity index (χ0) is 33.5. The van der Waals surface area contributed by atoms with Crippen molar-refractivity contribution in [2.75, 3.05) is 0 Å². The molecule has 0 N–H and O–H groups in total. The third-order valence-electron chi connectivity index (χ3n) is 10.1. The van der Waals surface area contributed by atoms with Gasteiger partial charge in [-0.25, -0.2) is 15.0 Å². The lowest BCUT2D eigenvalue weighted by Crippen LogP contribution is -2.02. The Bertz CT molecular complexity index is 3220. The fraction of sp³-hybridized carbons (Fsp3) is 0. The molecule has 11 rings (SSSR count). The molecule has 0 spiro atoms. The summed E-state index contributed by atoms with van der Waals surface area (Å²) in [4.78, 5) is 20.6. The van der Waals surface area contributed by atoms with Gasteiger partial charge in [0.25, 0.3) is 0 Å². The highest BCUT2D eigenvalue weighted by atomic mass is 16.3. The van der Waals surface area contributed by atoms with Crippen molar-refractivity contribution in [1.29, 1.82) is 0 Å². The molecule has 11 aromatic rings. The molecule has 8 aromatic carbocycles. The molecular weight excluding hydrogens is 625 g/mol. The van der Waals surface area contributed by atoms with Crippen LogP contribution in [0.25, 0.3) is 110 Å². The molecule has 0 saturated heterocycles. The Kier molecular flexibility index (Phi) is 5.89. The molecule has 5 heteroatoms. The van der Waals surface area contributed by atoms with Crippen molar-refractivity contribution >= 4 is 75.8 Å². The van der Waals surface area contributed by atoms with Gasteiger partial charge in [0.05, 0.1) is 5.39 Å². The predicted octanol–water partition coefficient (Wildman–Crippen LogP) is 11.9. The van der Waals surface area contributed by atoms with Crippen LogP contribution in [0.3, 0.4) is 0 Å². The van der Waals surface area contributed by atoms with E-state index in [1.54, 1.807) is 6.20 Å². The van der Waals surface area contributed by atoms with Gasteiger partial charge in [-0.1, -0.05) is 127 Å². The van der Waals surface area contributed by atoms with E-state index in [1.165, 1.54) is 16.2 Å². The van der Waals surface area contributed by atoms with Crippen molar-refractivity contribution < 1.29 is 4.42 Å². The summed E-state index contributed by atoms with van der Waals surface area (Å²) < 4.78 is 6.54. The highest BCUT2D eigenvalue weighted by Crippen LogP contribution is 2.41. The molecule has 0 saturated carbocycles. The number of hydrogen-bond donors (Lipinski definition) is 0. The molecule has 0 unspecified atom stereocenters. The van der Waals surface area contributed by atoms with Crippen LogP contribution in [-0.2, 0) is 0 Å². The van der Waals surface area contributed by atoms with E-state index in [-0.39, 0.29) is 0 Å². The van der Waals surface area contributed by atoms with Crippen molar-refractivity contribution in [1.82, 2.24) is 19.9 Å². The van der Waals surface area contributed by atoms with Crippen LogP contribution in [0.4, 0.5) is 0 Å². The van der Waals surface area contributed by atoms with E-state index < -0.39 is 0 Å². The fourth-order valence-corrected chi connectivity index (χ4v) is 7.74. The maximum atomic E-state index is 6.54. The fourth-order valence-electron chi connectivity index (χ4n) is 7.74.